The van der Waals surface area contributed by atoms with Gasteiger partial charge in [-0.25, -0.2) is 9.97 Å². The van der Waals surface area contributed by atoms with E-state index in [0.29, 0.717) is 42.0 Å². The van der Waals surface area contributed by atoms with Gasteiger partial charge in [-0.05, 0) is 24.1 Å². The summed E-state index contributed by atoms with van der Waals surface area (Å²) in [6, 6.07) is 6.87. The van der Waals surface area contributed by atoms with E-state index in [9.17, 15) is 9.59 Å². The Morgan fingerprint density at radius 3 is 2.90 bits per heavy atom. The maximum absolute atomic E-state index is 13.1. The molecule has 2 N–H and O–H groups in total. The van der Waals surface area contributed by atoms with E-state index in [1.54, 1.807) is 21.2 Å². The fraction of sp³-hybridized carbons (Fsp3) is 0.333. The predicted octanol–water partition coefficient (Wildman–Crippen LogP) is 2.96. The number of halogens is 1. The summed E-state index contributed by atoms with van der Waals surface area (Å²) in [4.78, 5) is 37.5. The number of rotatable bonds is 6. The normalized spacial score (nSPS) is 16.7. The van der Waals surface area contributed by atoms with Crippen LogP contribution in [0.1, 0.15) is 18.9 Å². The first-order chi connectivity index (χ1) is 15.0. The lowest BCUT2D eigenvalue weighted by Gasteiger charge is -2.40. The number of nitrogens with two attached hydrogens (primary N) is 1. The van der Waals surface area contributed by atoms with Gasteiger partial charge >= 0.3 is 0 Å². The number of fused-ring (bicyclic) bond motifs is 1. The van der Waals surface area contributed by atoms with Crippen molar-refractivity contribution in [1.82, 2.24) is 19.8 Å². The van der Waals surface area contributed by atoms with E-state index in [4.69, 9.17) is 22.1 Å². The second-order valence-corrected chi connectivity index (χ2v) is 8.80. The Morgan fingerprint density at radius 2 is 2.16 bits per heavy atom. The van der Waals surface area contributed by atoms with E-state index in [1.807, 2.05) is 25.1 Å². The zero-order chi connectivity index (χ0) is 22.0. The minimum Gasteiger partial charge on any atom is -0.483 e. The third-order valence-corrected chi connectivity index (χ3v) is 6.37. The summed E-state index contributed by atoms with van der Waals surface area (Å²) in [5.74, 6) is 0.711. The first-order valence-corrected chi connectivity index (χ1v) is 11.2. The van der Waals surface area contributed by atoms with Crippen molar-refractivity contribution in [3.8, 4) is 5.75 Å². The lowest BCUT2D eigenvalue weighted by Crippen LogP contribution is -2.59. The molecule has 10 heteroatoms. The SMILES string of the molecule is CCC1C(=O)N(Cc2ccc3c(N)ncnc3c2)CCN1C(=O)COc1csc(Cl)c1. The number of benzene rings is 1. The molecule has 0 radical (unpaired) electrons. The predicted molar refractivity (Wildman–Crippen MR) is 120 cm³/mol. The van der Waals surface area contributed by atoms with Gasteiger partial charge in [-0.1, -0.05) is 24.6 Å². The van der Waals surface area contributed by atoms with Crippen LogP contribution >= 0.6 is 22.9 Å². The van der Waals surface area contributed by atoms with Crippen molar-refractivity contribution in [3.63, 3.8) is 0 Å². The van der Waals surface area contributed by atoms with Crippen LogP contribution in [0.25, 0.3) is 10.9 Å². The molecule has 1 atom stereocenters. The molecule has 4 rings (SSSR count). The average molecular weight is 460 g/mol. The molecule has 2 aromatic heterocycles. The molecule has 1 aliphatic heterocycles. The standard InChI is InChI=1S/C21H22ClN5O3S/c1-2-17-21(29)26(9-13-3-4-15-16(7-13)24-12-25-20(15)23)5-6-27(17)19(28)10-30-14-8-18(22)31-11-14/h3-4,7-8,11-12,17H,2,5-6,9-10H2,1H3,(H2,23,24,25). The van der Waals surface area contributed by atoms with E-state index in [2.05, 4.69) is 9.97 Å². The minimum absolute atomic E-state index is 0.0667. The van der Waals surface area contributed by atoms with Crippen molar-refractivity contribution >= 4 is 51.5 Å². The number of ether oxygens (including phenoxy) is 1. The molecule has 8 nitrogen and oxygen atoms in total. The fourth-order valence-corrected chi connectivity index (χ4v) is 4.52. The number of nitrogen functional groups attached to an aromatic ring is 1. The summed E-state index contributed by atoms with van der Waals surface area (Å²) in [6.45, 7) is 3.14. The molecule has 1 aromatic carbocycles. The Bertz CT molecular complexity index is 1120. The van der Waals surface area contributed by atoms with Crippen LogP contribution in [-0.2, 0) is 16.1 Å². The Labute approximate surface area is 188 Å². The summed E-state index contributed by atoms with van der Waals surface area (Å²) in [5, 5.41) is 2.53. The number of piperazine rings is 1. The van der Waals surface area contributed by atoms with Gasteiger partial charge in [0.1, 0.15) is 23.9 Å². The van der Waals surface area contributed by atoms with Crippen molar-refractivity contribution < 1.29 is 14.3 Å². The highest BCUT2D eigenvalue weighted by Crippen LogP contribution is 2.26. The van der Waals surface area contributed by atoms with Gasteiger partial charge in [0.05, 0.1) is 9.85 Å². The molecule has 0 saturated carbocycles. The number of carbonyl (C=O) groups is 2. The fourth-order valence-electron chi connectivity index (χ4n) is 3.73. The Balaban J connectivity index is 1.42. The third-order valence-electron chi connectivity index (χ3n) is 5.30. The van der Waals surface area contributed by atoms with Gasteiger partial charge in [0, 0.05) is 36.5 Å². The van der Waals surface area contributed by atoms with E-state index < -0.39 is 6.04 Å². The lowest BCUT2D eigenvalue weighted by atomic mass is 10.1. The summed E-state index contributed by atoms with van der Waals surface area (Å²) in [5.41, 5.74) is 7.58. The number of aromatic nitrogens is 2. The Morgan fingerprint density at radius 1 is 1.32 bits per heavy atom. The molecule has 0 spiro atoms. The molecular weight excluding hydrogens is 438 g/mol. The van der Waals surface area contributed by atoms with Crippen LogP contribution < -0.4 is 10.5 Å². The summed E-state index contributed by atoms with van der Waals surface area (Å²) in [6.07, 6.45) is 1.96. The number of hydrogen-bond donors (Lipinski definition) is 1. The zero-order valence-electron chi connectivity index (χ0n) is 17.0. The highest BCUT2D eigenvalue weighted by atomic mass is 35.5. The molecule has 0 aliphatic carbocycles. The maximum atomic E-state index is 13.1. The van der Waals surface area contributed by atoms with Gasteiger partial charge in [-0.2, -0.15) is 0 Å². The van der Waals surface area contributed by atoms with E-state index in [1.165, 1.54) is 17.7 Å². The van der Waals surface area contributed by atoms with Crippen molar-refractivity contribution in [2.24, 2.45) is 0 Å². The lowest BCUT2D eigenvalue weighted by molar-refractivity contribution is -0.153. The van der Waals surface area contributed by atoms with Crippen LogP contribution in [0.2, 0.25) is 4.34 Å². The minimum atomic E-state index is -0.505. The number of amides is 2. The number of nitrogens with zero attached hydrogens (tertiary/aromatic N) is 4. The number of carbonyl (C=O) groups excluding carboxylic acids is 2. The monoisotopic (exact) mass is 459 g/mol. The molecule has 1 aliphatic rings. The molecule has 3 heterocycles. The molecule has 162 valence electrons. The second kappa shape index (κ2) is 9.07. The first kappa shape index (κ1) is 21.3. The number of hydrogen-bond acceptors (Lipinski definition) is 7. The molecule has 0 bridgehead atoms. The number of thiophene rings is 1. The van der Waals surface area contributed by atoms with Crippen LogP contribution in [0.15, 0.2) is 36.0 Å². The molecular formula is C21H22ClN5O3S. The quantitative estimate of drug-likeness (QED) is 0.608. The van der Waals surface area contributed by atoms with Gasteiger partial charge in [0.25, 0.3) is 5.91 Å². The van der Waals surface area contributed by atoms with E-state index in [-0.39, 0.29) is 18.4 Å². The van der Waals surface area contributed by atoms with Crippen LogP contribution in [0.3, 0.4) is 0 Å². The average Bonchev–Trinajstić information content (AvgIpc) is 3.18. The third kappa shape index (κ3) is 4.57. The highest BCUT2D eigenvalue weighted by molar-refractivity contribution is 7.14. The Hall–Kier alpha value is -2.91. The molecule has 2 amide bonds. The van der Waals surface area contributed by atoms with Crippen LogP contribution in [0.5, 0.6) is 5.75 Å². The van der Waals surface area contributed by atoms with E-state index >= 15 is 0 Å². The van der Waals surface area contributed by atoms with Gasteiger partial charge in [0.15, 0.2) is 6.61 Å². The maximum Gasteiger partial charge on any atom is 0.261 e. The summed E-state index contributed by atoms with van der Waals surface area (Å²) >= 11 is 7.23. The van der Waals surface area contributed by atoms with Gasteiger partial charge < -0.3 is 20.3 Å². The van der Waals surface area contributed by atoms with Crippen LogP contribution in [0, 0.1) is 0 Å². The van der Waals surface area contributed by atoms with E-state index in [0.717, 1.165) is 16.5 Å². The van der Waals surface area contributed by atoms with Crippen LogP contribution in [-0.4, -0.2) is 57.3 Å². The molecule has 1 saturated heterocycles. The highest BCUT2D eigenvalue weighted by Gasteiger charge is 2.36. The second-order valence-electron chi connectivity index (χ2n) is 7.26. The smallest absolute Gasteiger partial charge is 0.261 e. The molecule has 31 heavy (non-hydrogen) atoms. The Kier molecular flexibility index (Phi) is 6.24. The van der Waals surface area contributed by atoms with Crippen molar-refractivity contribution in [2.45, 2.75) is 25.9 Å². The number of anilines is 1. The van der Waals surface area contributed by atoms with Crippen molar-refractivity contribution in [1.29, 1.82) is 0 Å². The van der Waals surface area contributed by atoms with Crippen molar-refractivity contribution in [2.75, 3.05) is 25.4 Å². The first-order valence-electron chi connectivity index (χ1n) is 9.90. The topological polar surface area (TPSA) is 102 Å². The van der Waals surface area contributed by atoms with Crippen LogP contribution in [0.4, 0.5) is 5.82 Å². The van der Waals surface area contributed by atoms with Crippen molar-refractivity contribution in [3.05, 3.63) is 45.9 Å². The van der Waals surface area contributed by atoms with Gasteiger partial charge in [-0.3, -0.25) is 9.59 Å². The van der Waals surface area contributed by atoms with Gasteiger partial charge in [-0.15, -0.1) is 11.3 Å². The summed E-state index contributed by atoms with van der Waals surface area (Å²) in [7, 11) is 0. The molecule has 1 fully saturated rings. The molecule has 1 unspecified atom stereocenters. The van der Waals surface area contributed by atoms with Gasteiger partial charge in [0.2, 0.25) is 5.91 Å². The molecule has 3 aromatic rings. The largest absolute Gasteiger partial charge is 0.483 e. The summed E-state index contributed by atoms with van der Waals surface area (Å²) < 4.78 is 6.13. The zero-order valence-corrected chi connectivity index (χ0v) is 18.5.